The number of hydrogen-bond donors (Lipinski definition) is 0. The summed E-state index contributed by atoms with van der Waals surface area (Å²) < 4.78 is 26.7. The lowest BCUT2D eigenvalue weighted by Crippen LogP contribution is -2.29. The summed E-state index contributed by atoms with van der Waals surface area (Å²) in [4.78, 5) is 2.58. The highest BCUT2D eigenvalue weighted by Crippen LogP contribution is 2.22. The van der Waals surface area contributed by atoms with Gasteiger partial charge in [-0.05, 0) is 61.2 Å². The maximum atomic E-state index is 12.7. The third-order valence-electron chi connectivity index (χ3n) is 4.75. The molecule has 0 atom stereocenters. The van der Waals surface area contributed by atoms with Crippen LogP contribution in [0.1, 0.15) is 30.4 Å². The van der Waals surface area contributed by atoms with E-state index in [4.69, 9.17) is 5.26 Å². The number of hydrogen-bond acceptors (Lipinski definition) is 4. The Morgan fingerprint density at radius 1 is 1.00 bits per heavy atom. The zero-order valence-electron chi connectivity index (χ0n) is 14.9. The number of piperidine rings is 1. The van der Waals surface area contributed by atoms with Gasteiger partial charge in [-0.25, -0.2) is 8.42 Å². The van der Waals surface area contributed by atoms with Gasteiger partial charge in [-0.2, -0.15) is 9.57 Å². The van der Waals surface area contributed by atoms with Crippen molar-refractivity contribution in [2.24, 2.45) is 0 Å². The van der Waals surface area contributed by atoms with Gasteiger partial charge in [-0.1, -0.05) is 12.1 Å². The summed E-state index contributed by atoms with van der Waals surface area (Å²) in [7, 11) is -2.00. The molecule has 0 radical (unpaired) electrons. The molecular weight excluding hydrogens is 346 g/mol. The molecule has 0 N–H and O–H groups in total. The van der Waals surface area contributed by atoms with Gasteiger partial charge in [0, 0.05) is 32.4 Å². The van der Waals surface area contributed by atoms with Crippen molar-refractivity contribution in [3.63, 3.8) is 0 Å². The van der Waals surface area contributed by atoms with Gasteiger partial charge < -0.3 is 4.90 Å². The molecule has 1 fully saturated rings. The topological polar surface area (TPSA) is 64.4 Å². The number of rotatable bonds is 5. The van der Waals surface area contributed by atoms with Crippen LogP contribution in [0, 0.1) is 11.3 Å². The fraction of sp³-hybridized carbons (Fsp3) is 0.350. The van der Waals surface area contributed by atoms with E-state index in [-0.39, 0.29) is 4.90 Å². The minimum atomic E-state index is -3.58. The van der Waals surface area contributed by atoms with Gasteiger partial charge >= 0.3 is 0 Å². The molecule has 3 rings (SSSR count). The Labute approximate surface area is 155 Å². The molecule has 1 aliphatic heterocycles. The third kappa shape index (κ3) is 4.06. The van der Waals surface area contributed by atoms with Crippen LogP contribution in [0.15, 0.2) is 53.4 Å². The monoisotopic (exact) mass is 369 g/mol. The second kappa shape index (κ2) is 7.90. The largest absolute Gasteiger partial charge is 0.372 e. The number of anilines is 1. The van der Waals surface area contributed by atoms with E-state index in [1.165, 1.54) is 53.5 Å². The first-order chi connectivity index (χ1) is 12.5. The van der Waals surface area contributed by atoms with Crippen LogP contribution in [-0.4, -0.2) is 32.9 Å². The first kappa shape index (κ1) is 18.4. The molecule has 0 bridgehead atoms. The van der Waals surface area contributed by atoms with Gasteiger partial charge in [0.1, 0.15) is 0 Å². The molecule has 0 saturated carbocycles. The van der Waals surface area contributed by atoms with E-state index in [0.717, 1.165) is 18.7 Å². The van der Waals surface area contributed by atoms with E-state index in [1.54, 1.807) is 7.05 Å². The molecule has 0 aromatic heterocycles. The summed E-state index contributed by atoms with van der Waals surface area (Å²) in [6.07, 6.45) is 3.76. The summed E-state index contributed by atoms with van der Waals surface area (Å²) in [5, 5.41) is 8.84. The molecule has 6 heteroatoms. The zero-order chi connectivity index (χ0) is 18.6. The summed E-state index contributed by atoms with van der Waals surface area (Å²) in [6.45, 7) is 2.49. The van der Waals surface area contributed by atoms with Crippen LogP contribution in [0.4, 0.5) is 5.69 Å². The Kier molecular flexibility index (Phi) is 5.60. The van der Waals surface area contributed by atoms with Gasteiger partial charge in [0.15, 0.2) is 0 Å². The molecule has 2 aromatic carbocycles. The highest BCUT2D eigenvalue weighted by Gasteiger charge is 2.21. The average molecular weight is 369 g/mol. The lowest BCUT2D eigenvalue weighted by atomic mass is 10.1. The maximum absolute atomic E-state index is 12.7. The van der Waals surface area contributed by atoms with Crippen LogP contribution in [0.5, 0.6) is 0 Å². The molecule has 1 heterocycles. The lowest BCUT2D eigenvalue weighted by molar-refractivity contribution is 0.466. The number of nitriles is 1. The Balaban J connectivity index is 1.70. The Morgan fingerprint density at radius 3 is 2.19 bits per heavy atom. The molecule has 2 aromatic rings. The zero-order valence-corrected chi connectivity index (χ0v) is 15.7. The summed E-state index contributed by atoms with van der Waals surface area (Å²) in [5.74, 6) is 0. The lowest BCUT2D eigenvalue weighted by Gasteiger charge is -2.29. The predicted octanol–water partition coefficient (Wildman–Crippen LogP) is 3.37. The molecule has 26 heavy (non-hydrogen) atoms. The number of benzene rings is 2. The Morgan fingerprint density at radius 2 is 1.62 bits per heavy atom. The average Bonchev–Trinajstić information content (AvgIpc) is 2.69. The van der Waals surface area contributed by atoms with Crippen molar-refractivity contribution in [1.29, 1.82) is 5.26 Å². The third-order valence-corrected chi connectivity index (χ3v) is 6.57. The van der Waals surface area contributed by atoms with Crippen LogP contribution >= 0.6 is 0 Å². The molecule has 0 spiro atoms. The summed E-state index contributed by atoms with van der Waals surface area (Å²) >= 11 is 0. The van der Waals surface area contributed by atoms with Crippen molar-refractivity contribution in [2.75, 3.05) is 25.0 Å². The van der Waals surface area contributed by atoms with E-state index in [2.05, 4.69) is 17.0 Å². The molecule has 1 aliphatic rings. The Bertz CT molecular complexity index is 878. The van der Waals surface area contributed by atoms with E-state index < -0.39 is 10.0 Å². The van der Waals surface area contributed by atoms with E-state index in [1.807, 2.05) is 18.2 Å². The quantitative estimate of drug-likeness (QED) is 0.810. The van der Waals surface area contributed by atoms with Crippen LogP contribution < -0.4 is 4.90 Å². The van der Waals surface area contributed by atoms with Crippen molar-refractivity contribution >= 4 is 15.7 Å². The summed E-state index contributed by atoms with van der Waals surface area (Å²) in [5.41, 5.74) is 2.59. The maximum Gasteiger partial charge on any atom is 0.243 e. The van der Waals surface area contributed by atoms with Gasteiger partial charge in [0.2, 0.25) is 10.0 Å². The van der Waals surface area contributed by atoms with Gasteiger partial charge in [0.25, 0.3) is 0 Å². The normalized spacial score (nSPS) is 15.0. The highest BCUT2D eigenvalue weighted by molar-refractivity contribution is 7.89. The molecule has 0 unspecified atom stereocenters. The van der Waals surface area contributed by atoms with Crippen molar-refractivity contribution in [3.8, 4) is 6.07 Å². The second-order valence-corrected chi connectivity index (χ2v) is 8.66. The first-order valence-electron chi connectivity index (χ1n) is 8.81. The smallest absolute Gasteiger partial charge is 0.243 e. The van der Waals surface area contributed by atoms with Gasteiger partial charge in [-0.3, -0.25) is 0 Å². The van der Waals surface area contributed by atoms with Crippen molar-refractivity contribution in [3.05, 3.63) is 59.7 Å². The molecule has 1 saturated heterocycles. The Hall–Kier alpha value is -2.36. The van der Waals surface area contributed by atoms with Crippen LogP contribution in [-0.2, 0) is 16.6 Å². The van der Waals surface area contributed by atoms with E-state index >= 15 is 0 Å². The van der Waals surface area contributed by atoms with Crippen LogP contribution in [0.25, 0.3) is 0 Å². The fourth-order valence-electron chi connectivity index (χ4n) is 3.19. The van der Waals surface area contributed by atoms with Crippen molar-refractivity contribution < 1.29 is 8.42 Å². The van der Waals surface area contributed by atoms with Gasteiger partial charge in [-0.15, -0.1) is 0 Å². The van der Waals surface area contributed by atoms with Crippen molar-refractivity contribution in [1.82, 2.24) is 4.31 Å². The molecule has 136 valence electrons. The van der Waals surface area contributed by atoms with Gasteiger partial charge in [0.05, 0.1) is 16.5 Å². The summed E-state index contributed by atoms with van der Waals surface area (Å²) in [6, 6.07) is 16.1. The molecule has 0 aliphatic carbocycles. The number of sulfonamides is 1. The van der Waals surface area contributed by atoms with E-state index in [0.29, 0.717) is 12.1 Å². The molecular formula is C20H23N3O2S. The fourth-order valence-corrected chi connectivity index (χ4v) is 4.35. The standard InChI is InChI=1S/C20H23N3O2S/c1-22(26(24,25)20-11-7-17(15-21)8-12-20)16-18-5-9-19(10-6-18)23-13-3-2-4-14-23/h5-12H,2-4,13-14,16H2,1H3. The minimum absolute atomic E-state index is 0.198. The second-order valence-electron chi connectivity index (χ2n) is 6.61. The molecule has 5 nitrogen and oxygen atoms in total. The van der Waals surface area contributed by atoms with E-state index in [9.17, 15) is 8.42 Å². The van der Waals surface area contributed by atoms with Crippen LogP contribution in [0.3, 0.4) is 0 Å². The first-order valence-corrected chi connectivity index (χ1v) is 10.2. The van der Waals surface area contributed by atoms with Crippen LogP contribution in [0.2, 0.25) is 0 Å². The molecule has 0 amide bonds. The van der Waals surface area contributed by atoms with Crippen molar-refractivity contribution in [2.45, 2.75) is 30.7 Å². The minimum Gasteiger partial charge on any atom is -0.372 e. The number of nitrogens with zero attached hydrogens (tertiary/aromatic N) is 3. The highest BCUT2D eigenvalue weighted by atomic mass is 32.2. The predicted molar refractivity (Wildman–Crippen MR) is 102 cm³/mol. The SMILES string of the molecule is CN(Cc1ccc(N2CCCCC2)cc1)S(=O)(=O)c1ccc(C#N)cc1.